The normalized spacial score (nSPS) is 15.6. The van der Waals surface area contributed by atoms with Crippen LogP contribution in [0.5, 0.6) is 0 Å². The molecule has 28 heavy (non-hydrogen) atoms. The Morgan fingerprint density at radius 3 is 2.32 bits per heavy atom. The summed E-state index contributed by atoms with van der Waals surface area (Å²) in [5.41, 5.74) is 6.99. The molecule has 1 saturated heterocycles. The van der Waals surface area contributed by atoms with Crippen LogP contribution in [-0.4, -0.2) is 49.7 Å². The van der Waals surface area contributed by atoms with Crippen molar-refractivity contribution in [2.45, 2.75) is 6.04 Å². The number of carbonyl (C=O) groups is 2. The van der Waals surface area contributed by atoms with Gasteiger partial charge in [0.25, 0.3) is 5.91 Å². The summed E-state index contributed by atoms with van der Waals surface area (Å²) in [6.07, 6.45) is 0. The van der Waals surface area contributed by atoms with Crippen molar-refractivity contribution in [1.82, 2.24) is 10.2 Å². The Labute approximate surface area is 162 Å². The van der Waals surface area contributed by atoms with Gasteiger partial charge in [-0.05, 0) is 42.0 Å². The van der Waals surface area contributed by atoms with Crippen molar-refractivity contribution < 1.29 is 18.7 Å². The second kappa shape index (κ2) is 9.29. The topological polar surface area (TPSA) is 96.7 Å². The first-order chi connectivity index (χ1) is 13.5. The molecule has 0 spiro atoms. The maximum atomic E-state index is 13.3. The van der Waals surface area contributed by atoms with E-state index in [1.165, 1.54) is 12.1 Å². The number of hydrogen-bond donors (Lipinski definition) is 3. The maximum absolute atomic E-state index is 13.3. The number of benzene rings is 2. The van der Waals surface area contributed by atoms with Crippen molar-refractivity contribution in [3.05, 3.63) is 65.5 Å². The quantitative estimate of drug-likeness (QED) is 0.708. The molecule has 2 aromatic rings. The number of rotatable bonds is 6. The Bertz CT molecular complexity index is 805. The third-order valence-corrected chi connectivity index (χ3v) is 4.61. The molecule has 7 nitrogen and oxygen atoms in total. The molecule has 1 atom stereocenters. The Kier molecular flexibility index (Phi) is 6.57. The third kappa shape index (κ3) is 5.28. The standard InChI is InChI=1S/C20H23FN4O3/c21-16-5-1-14(2-6-16)18(25-9-11-28-12-10-25)13-23-19(26)15-3-7-17(8-4-15)24-20(22)27/h1-8,18H,9-13H2,(H,23,26)(H3,22,24,27). The van der Waals surface area contributed by atoms with E-state index in [1.807, 2.05) is 0 Å². The first kappa shape index (κ1) is 19.8. The van der Waals surface area contributed by atoms with Gasteiger partial charge in [0.2, 0.25) is 0 Å². The molecule has 0 saturated carbocycles. The van der Waals surface area contributed by atoms with E-state index in [0.29, 0.717) is 31.0 Å². The lowest BCUT2D eigenvalue weighted by Crippen LogP contribution is -2.43. The molecule has 0 bridgehead atoms. The van der Waals surface area contributed by atoms with Crippen molar-refractivity contribution >= 4 is 17.6 Å². The lowest BCUT2D eigenvalue weighted by Gasteiger charge is -2.35. The number of urea groups is 1. The number of anilines is 1. The van der Waals surface area contributed by atoms with E-state index in [-0.39, 0.29) is 17.8 Å². The van der Waals surface area contributed by atoms with Crippen molar-refractivity contribution in [3.8, 4) is 0 Å². The largest absolute Gasteiger partial charge is 0.379 e. The number of nitrogens with two attached hydrogens (primary N) is 1. The fraction of sp³-hybridized carbons (Fsp3) is 0.300. The van der Waals surface area contributed by atoms with Gasteiger partial charge in [0.15, 0.2) is 0 Å². The van der Waals surface area contributed by atoms with Gasteiger partial charge in [-0.1, -0.05) is 12.1 Å². The van der Waals surface area contributed by atoms with Crippen LogP contribution in [0.1, 0.15) is 22.0 Å². The number of halogens is 1. The Morgan fingerprint density at radius 2 is 1.71 bits per heavy atom. The average Bonchev–Trinajstić information content (AvgIpc) is 2.70. The molecule has 8 heteroatoms. The summed E-state index contributed by atoms with van der Waals surface area (Å²) in [7, 11) is 0. The number of morpholine rings is 1. The van der Waals surface area contributed by atoms with Crippen LogP contribution >= 0.6 is 0 Å². The summed E-state index contributed by atoms with van der Waals surface area (Å²) in [6, 6.07) is 12.0. The van der Waals surface area contributed by atoms with E-state index >= 15 is 0 Å². The Hall–Kier alpha value is -2.97. The molecule has 1 fully saturated rings. The summed E-state index contributed by atoms with van der Waals surface area (Å²) in [4.78, 5) is 25.6. The Balaban J connectivity index is 1.67. The number of nitrogens with one attached hydrogen (secondary N) is 2. The zero-order chi connectivity index (χ0) is 19.9. The van der Waals surface area contributed by atoms with Crippen LogP contribution < -0.4 is 16.4 Å². The van der Waals surface area contributed by atoms with Crippen LogP contribution in [0, 0.1) is 5.82 Å². The number of hydrogen-bond acceptors (Lipinski definition) is 4. The highest BCUT2D eigenvalue weighted by atomic mass is 19.1. The first-order valence-corrected chi connectivity index (χ1v) is 9.05. The predicted molar refractivity (Wildman–Crippen MR) is 104 cm³/mol. The molecule has 4 N–H and O–H groups in total. The van der Waals surface area contributed by atoms with Crippen LogP contribution in [0.2, 0.25) is 0 Å². The van der Waals surface area contributed by atoms with E-state index < -0.39 is 6.03 Å². The summed E-state index contributed by atoms with van der Waals surface area (Å²) in [5, 5.41) is 5.39. The third-order valence-electron chi connectivity index (χ3n) is 4.61. The summed E-state index contributed by atoms with van der Waals surface area (Å²) >= 11 is 0. The van der Waals surface area contributed by atoms with Crippen molar-refractivity contribution in [1.29, 1.82) is 0 Å². The Morgan fingerprint density at radius 1 is 1.07 bits per heavy atom. The SMILES string of the molecule is NC(=O)Nc1ccc(C(=O)NCC(c2ccc(F)cc2)N2CCOCC2)cc1. The fourth-order valence-electron chi connectivity index (χ4n) is 3.17. The number of primary amides is 1. The minimum Gasteiger partial charge on any atom is -0.379 e. The molecule has 0 radical (unpaired) electrons. The highest BCUT2D eigenvalue weighted by molar-refractivity contribution is 5.95. The van der Waals surface area contributed by atoms with Crippen LogP contribution in [0.15, 0.2) is 48.5 Å². The van der Waals surface area contributed by atoms with Gasteiger partial charge in [-0.15, -0.1) is 0 Å². The molecule has 0 aromatic heterocycles. The van der Waals surface area contributed by atoms with Gasteiger partial charge in [0, 0.05) is 30.9 Å². The van der Waals surface area contributed by atoms with Crippen LogP contribution in [0.4, 0.5) is 14.9 Å². The van der Waals surface area contributed by atoms with Crippen LogP contribution in [-0.2, 0) is 4.74 Å². The molecule has 1 unspecified atom stereocenters. The highest BCUT2D eigenvalue weighted by Gasteiger charge is 2.23. The smallest absolute Gasteiger partial charge is 0.316 e. The van der Waals surface area contributed by atoms with Crippen LogP contribution in [0.3, 0.4) is 0 Å². The maximum Gasteiger partial charge on any atom is 0.316 e. The van der Waals surface area contributed by atoms with Crippen molar-refractivity contribution in [2.75, 3.05) is 38.2 Å². The summed E-state index contributed by atoms with van der Waals surface area (Å²) < 4.78 is 18.7. The first-order valence-electron chi connectivity index (χ1n) is 9.05. The summed E-state index contributed by atoms with van der Waals surface area (Å²) in [5.74, 6) is -0.524. The molecule has 3 amide bonds. The monoisotopic (exact) mass is 386 g/mol. The molecule has 1 aliphatic rings. The fourth-order valence-corrected chi connectivity index (χ4v) is 3.17. The molecule has 3 rings (SSSR count). The van der Waals surface area contributed by atoms with E-state index in [0.717, 1.165) is 18.7 Å². The second-order valence-corrected chi connectivity index (χ2v) is 6.49. The predicted octanol–water partition coefficient (Wildman–Crippen LogP) is 2.12. The number of amides is 3. The van der Waals surface area contributed by atoms with E-state index in [4.69, 9.17) is 10.5 Å². The highest BCUT2D eigenvalue weighted by Crippen LogP contribution is 2.22. The van der Waals surface area contributed by atoms with Gasteiger partial charge < -0.3 is 21.1 Å². The van der Waals surface area contributed by atoms with E-state index in [9.17, 15) is 14.0 Å². The molecular weight excluding hydrogens is 363 g/mol. The van der Waals surface area contributed by atoms with Gasteiger partial charge in [-0.2, -0.15) is 0 Å². The van der Waals surface area contributed by atoms with Crippen molar-refractivity contribution in [3.63, 3.8) is 0 Å². The van der Waals surface area contributed by atoms with E-state index in [1.54, 1.807) is 36.4 Å². The number of carbonyl (C=O) groups excluding carboxylic acids is 2. The van der Waals surface area contributed by atoms with Gasteiger partial charge in [-0.25, -0.2) is 9.18 Å². The zero-order valence-corrected chi connectivity index (χ0v) is 15.4. The summed E-state index contributed by atoms with van der Waals surface area (Å²) in [6.45, 7) is 3.11. The number of nitrogens with zero attached hydrogens (tertiary/aromatic N) is 1. The van der Waals surface area contributed by atoms with E-state index in [2.05, 4.69) is 15.5 Å². The van der Waals surface area contributed by atoms with Crippen LogP contribution in [0.25, 0.3) is 0 Å². The lowest BCUT2D eigenvalue weighted by atomic mass is 10.0. The van der Waals surface area contributed by atoms with Gasteiger partial charge in [-0.3, -0.25) is 9.69 Å². The van der Waals surface area contributed by atoms with Gasteiger partial charge >= 0.3 is 6.03 Å². The average molecular weight is 386 g/mol. The zero-order valence-electron chi connectivity index (χ0n) is 15.4. The van der Waals surface area contributed by atoms with Crippen molar-refractivity contribution in [2.24, 2.45) is 5.73 Å². The second-order valence-electron chi connectivity index (χ2n) is 6.49. The lowest BCUT2D eigenvalue weighted by molar-refractivity contribution is 0.0162. The van der Waals surface area contributed by atoms with Gasteiger partial charge in [0.1, 0.15) is 5.82 Å². The molecule has 1 aliphatic heterocycles. The molecule has 1 heterocycles. The molecule has 2 aromatic carbocycles. The molecule has 0 aliphatic carbocycles. The number of ether oxygens (including phenoxy) is 1. The molecular formula is C20H23FN4O3. The minimum absolute atomic E-state index is 0.0794. The molecule has 148 valence electrons. The minimum atomic E-state index is -0.662. The van der Waals surface area contributed by atoms with Gasteiger partial charge in [0.05, 0.1) is 19.3 Å².